The van der Waals surface area contributed by atoms with Gasteiger partial charge in [-0.3, -0.25) is 4.79 Å². The van der Waals surface area contributed by atoms with Crippen LogP contribution in [0.4, 0.5) is 17.5 Å². The smallest absolute Gasteiger partial charge is 0.251 e. The first-order chi connectivity index (χ1) is 13.5. The predicted octanol–water partition coefficient (Wildman–Crippen LogP) is 3.38. The molecule has 1 amide bonds. The highest BCUT2D eigenvalue weighted by Gasteiger charge is 2.06. The van der Waals surface area contributed by atoms with Crippen LogP contribution in [0.15, 0.2) is 48.9 Å². The van der Waals surface area contributed by atoms with E-state index in [1.165, 1.54) is 6.33 Å². The molecular formula is C21H24N6O. The average Bonchev–Trinajstić information content (AvgIpc) is 2.64. The number of carbonyl (C=O) groups excluding carboxylic acids is 1. The van der Waals surface area contributed by atoms with Gasteiger partial charge in [0, 0.05) is 30.9 Å². The van der Waals surface area contributed by atoms with E-state index in [9.17, 15) is 4.79 Å². The van der Waals surface area contributed by atoms with Crippen LogP contribution in [-0.2, 0) is 0 Å². The quantitative estimate of drug-likeness (QED) is 0.548. The second-order valence-electron chi connectivity index (χ2n) is 6.69. The van der Waals surface area contributed by atoms with Crippen molar-refractivity contribution in [2.24, 2.45) is 0 Å². The van der Waals surface area contributed by atoms with Gasteiger partial charge in [-0.1, -0.05) is 17.2 Å². The Kier molecular flexibility index (Phi) is 6.16. The largest absolute Gasteiger partial charge is 0.368 e. The van der Waals surface area contributed by atoms with Gasteiger partial charge in [-0.25, -0.2) is 15.0 Å². The molecule has 7 nitrogen and oxygen atoms in total. The Bertz CT molecular complexity index is 952. The number of rotatable bonds is 7. The molecule has 0 saturated heterocycles. The fourth-order valence-electron chi connectivity index (χ4n) is 2.83. The monoisotopic (exact) mass is 376 g/mol. The second-order valence-corrected chi connectivity index (χ2v) is 6.69. The summed E-state index contributed by atoms with van der Waals surface area (Å²) >= 11 is 0. The van der Waals surface area contributed by atoms with Gasteiger partial charge in [0.25, 0.3) is 5.91 Å². The van der Waals surface area contributed by atoms with Gasteiger partial charge in [0.05, 0.1) is 0 Å². The molecule has 3 aromatic rings. The SMILES string of the molecule is Cc1cc(C)cc(C(=O)NCCNc2cc(Nc3cc(C)ccn3)ncn2)c1. The van der Waals surface area contributed by atoms with Crippen molar-refractivity contribution in [1.29, 1.82) is 0 Å². The number of nitrogens with one attached hydrogen (secondary N) is 3. The minimum absolute atomic E-state index is 0.0795. The fourth-order valence-corrected chi connectivity index (χ4v) is 2.83. The van der Waals surface area contributed by atoms with Gasteiger partial charge in [0.2, 0.25) is 0 Å². The number of aromatic nitrogens is 3. The molecule has 2 aromatic heterocycles. The van der Waals surface area contributed by atoms with Gasteiger partial charge in [-0.2, -0.15) is 0 Å². The number of hydrogen-bond donors (Lipinski definition) is 3. The Labute approximate surface area is 164 Å². The number of pyridine rings is 1. The summed E-state index contributed by atoms with van der Waals surface area (Å²) in [7, 11) is 0. The first kappa shape index (κ1) is 19.3. The second kappa shape index (κ2) is 8.94. The molecule has 144 valence electrons. The zero-order valence-corrected chi connectivity index (χ0v) is 16.3. The molecule has 3 rings (SSSR count). The van der Waals surface area contributed by atoms with Crippen molar-refractivity contribution >= 4 is 23.4 Å². The molecule has 0 saturated carbocycles. The first-order valence-electron chi connectivity index (χ1n) is 9.12. The first-order valence-corrected chi connectivity index (χ1v) is 9.12. The summed E-state index contributed by atoms with van der Waals surface area (Å²) in [5.74, 6) is 1.97. The van der Waals surface area contributed by atoms with Gasteiger partial charge in [-0.15, -0.1) is 0 Å². The topological polar surface area (TPSA) is 91.8 Å². The van der Waals surface area contributed by atoms with Crippen molar-refractivity contribution in [3.8, 4) is 0 Å². The third-order valence-electron chi connectivity index (χ3n) is 4.04. The molecule has 0 bridgehead atoms. The van der Waals surface area contributed by atoms with Crippen LogP contribution in [0.25, 0.3) is 0 Å². The van der Waals surface area contributed by atoms with Crippen molar-refractivity contribution in [3.05, 3.63) is 71.2 Å². The number of benzene rings is 1. The van der Waals surface area contributed by atoms with E-state index >= 15 is 0 Å². The molecule has 7 heteroatoms. The van der Waals surface area contributed by atoms with Crippen LogP contribution in [0, 0.1) is 20.8 Å². The summed E-state index contributed by atoms with van der Waals surface area (Å²) in [5, 5.41) is 9.25. The fraction of sp³-hybridized carbons (Fsp3) is 0.238. The normalized spacial score (nSPS) is 10.4. The van der Waals surface area contributed by atoms with Crippen molar-refractivity contribution in [2.75, 3.05) is 23.7 Å². The molecule has 0 unspecified atom stereocenters. The number of carbonyl (C=O) groups is 1. The molecule has 0 spiro atoms. The highest BCUT2D eigenvalue weighted by molar-refractivity contribution is 5.94. The average molecular weight is 376 g/mol. The Morgan fingerprint density at radius 3 is 2.29 bits per heavy atom. The predicted molar refractivity (Wildman–Crippen MR) is 111 cm³/mol. The van der Waals surface area contributed by atoms with Crippen LogP contribution >= 0.6 is 0 Å². The number of nitrogens with zero attached hydrogens (tertiary/aromatic N) is 3. The summed E-state index contributed by atoms with van der Waals surface area (Å²) in [6.45, 7) is 7.01. The molecule has 0 aliphatic rings. The highest BCUT2D eigenvalue weighted by Crippen LogP contribution is 2.15. The molecule has 0 aliphatic heterocycles. The van der Waals surface area contributed by atoms with Gasteiger partial charge >= 0.3 is 0 Å². The van der Waals surface area contributed by atoms with Crippen LogP contribution in [0.3, 0.4) is 0 Å². The Hall–Kier alpha value is -3.48. The van der Waals surface area contributed by atoms with Crippen molar-refractivity contribution in [1.82, 2.24) is 20.3 Å². The van der Waals surface area contributed by atoms with Gasteiger partial charge in [0.1, 0.15) is 23.8 Å². The molecule has 2 heterocycles. The van der Waals surface area contributed by atoms with Crippen molar-refractivity contribution in [2.45, 2.75) is 20.8 Å². The third kappa shape index (κ3) is 5.51. The molecule has 0 radical (unpaired) electrons. The maximum atomic E-state index is 12.3. The van der Waals surface area contributed by atoms with E-state index in [1.54, 1.807) is 12.3 Å². The van der Waals surface area contributed by atoms with Gasteiger partial charge < -0.3 is 16.0 Å². The molecular weight excluding hydrogens is 352 g/mol. The summed E-state index contributed by atoms with van der Waals surface area (Å²) in [6.07, 6.45) is 3.23. The Balaban J connectivity index is 1.50. The summed E-state index contributed by atoms with van der Waals surface area (Å²) < 4.78 is 0. The molecule has 1 aromatic carbocycles. The van der Waals surface area contributed by atoms with E-state index in [-0.39, 0.29) is 5.91 Å². The number of aryl methyl sites for hydroxylation is 3. The lowest BCUT2D eigenvalue weighted by atomic mass is 10.1. The molecule has 0 atom stereocenters. The number of amides is 1. The number of anilines is 3. The van der Waals surface area contributed by atoms with Crippen molar-refractivity contribution < 1.29 is 4.79 Å². The number of hydrogen-bond acceptors (Lipinski definition) is 6. The minimum Gasteiger partial charge on any atom is -0.368 e. The molecule has 28 heavy (non-hydrogen) atoms. The van der Waals surface area contributed by atoms with Crippen LogP contribution in [0.5, 0.6) is 0 Å². The maximum absolute atomic E-state index is 12.3. The van der Waals surface area contributed by atoms with Gasteiger partial charge in [-0.05, 0) is 50.6 Å². The Morgan fingerprint density at radius 2 is 1.54 bits per heavy atom. The van der Waals surface area contributed by atoms with E-state index in [2.05, 4.69) is 30.9 Å². The Morgan fingerprint density at radius 1 is 0.821 bits per heavy atom. The van der Waals surface area contributed by atoms with E-state index in [1.807, 2.05) is 51.1 Å². The highest BCUT2D eigenvalue weighted by atomic mass is 16.1. The van der Waals surface area contributed by atoms with E-state index in [4.69, 9.17) is 0 Å². The molecule has 3 N–H and O–H groups in total. The lowest BCUT2D eigenvalue weighted by Gasteiger charge is -2.10. The lowest BCUT2D eigenvalue weighted by molar-refractivity contribution is 0.0955. The molecule has 0 fully saturated rings. The van der Waals surface area contributed by atoms with Gasteiger partial charge in [0.15, 0.2) is 0 Å². The van der Waals surface area contributed by atoms with Crippen LogP contribution < -0.4 is 16.0 Å². The maximum Gasteiger partial charge on any atom is 0.251 e. The van der Waals surface area contributed by atoms with Crippen molar-refractivity contribution in [3.63, 3.8) is 0 Å². The summed E-state index contributed by atoms with van der Waals surface area (Å²) in [5.41, 5.74) is 3.95. The van der Waals surface area contributed by atoms with Crippen LogP contribution in [0.2, 0.25) is 0 Å². The van der Waals surface area contributed by atoms with E-state index in [0.717, 1.165) is 22.5 Å². The molecule has 0 aliphatic carbocycles. The van der Waals surface area contributed by atoms with E-state index < -0.39 is 0 Å². The zero-order chi connectivity index (χ0) is 19.9. The zero-order valence-electron chi connectivity index (χ0n) is 16.3. The van der Waals surface area contributed by atoms with Crippen LogP contribution in [-0.4, -0.2) is 33.9 Å². The minimum atomic E-state index is -0.0795. The standard InChI is InChI=1S/C21H24N6O/c1-14-4-5-22-19(11-14)27-20-12-18(25-13-26-20)23-6-7-24-21(28)17-9-15(2)8-16(3)10-17/h4-5,8-13H,6-7H2,1-3H3,(H,24,28)(H2,22,23,25,26,27). The van der Waals surface area contributed by atoms with E-state index in [0.29, 0.717) is 30.3 Å². The third-order valence-corrected chi connectivity index (χ3v) is 4.04. The lowest BCUT2D eigenvalue weighted by Crippen LogP contribution is -2.29. The summed E-state index contributed by atoms with van der Waals surface area (Å²) in [4.78, 5) is 24.9. The van der Waals surface area contributed by atoms with Crippen LogP contribution in [0.1, 0.15) is 27.0 Å². The summed E-state index contributed by atoms with van der Waals surface area (Å²) in [6, 6.07) is 11.5.